The van der Waals surface area contributed by atoms with Crippen molar-refractivity contribution in [3.05, 3.63) is 89.6 Å². The molecule has 0 saturated carbocycles. The van der Waals surface area contributed by atoms with Gasteiger partial charge in [0.2, 0.25) is 0 Å². The minimum Gasteiger partial charge on any atom is -0.497 e. The Bertz CT molecular complexity index is 1230. The van der Waals surface area contributed by atoms with Crippen LogP contribution in [0.3, 0.4) is 0 Å². The maximum Gasteiger partial charge on any atom is 0.278 e. The Morgan fingerprint density at radius 3 is 2.12 bits per heavy atom. The molecule has 2 amide bonds. The Morgan fingerprint density at radius 2 is 1.50 bits per heavy atom. The number of rotatable bonds is 8. The van der Waals surface area contributed by atoms with Gasteiger partial charge in [-0.1, -0.05) is 30.3 Å². The molecular formula is C27H27N3O4. The van der Waals surface area contributed by atoms with E-state index in [0.29, 0.717) is 22.7 Å². The molecule has 0 radical (unpaired) electrons. The van der Waals surface area contributed by atoms with Gasteiger partial charge in [0.1, 0.15) is 17.2 Å². The van der Waals surface area contributed by atoms with Crippen molar-refractivity contribution in [2.24, 2.45) is 0 Å². The molecule has 0 bridgehead atoms. The van der Waals surface area contributed by atoms with Crippen molar-refractivity contribution < 1.29 is 19.1 Å². The molecule has 1 N–H and O–H groups in total. The fourth-order valence-electron chi connectivity index (χ4n) is 3.84. The summed E-state index contributed by atoms with van der Waals surface area (Å²) < 4.78 is 10.7. The molecule has 7 nitrogen and oxygen atoms in total. The number of amides is 2. The van der Waals surface area contributed by atoms with Crippen LogP contribution in [0.1, 0.15) is 11.1 Å². The second-order valence-corrected chi connectivity index (χ2v) is 8.06. The number of hydrogen-bond donors (Lipinski definition) is 1. The Labute approximate surface area is 199 Å². The van der Waals surface area contributed by atoms with E-state index in [1.807, 2.05) is 67.5 Å². The van der Waals surface area contributed by atoms with Gasteiger partial charge in [-0.2, -0.15) is 0 Å². The van der Waals surface area contributed by atoms with Crippen molar-refractivity contribution in [2.75, 3.05) is 38.5 Å². The third kappa shape index (κ3) is 4.45. The molecular weight excluding hydrogens is 430 g/mol. The van der Waals surface area contributed by atoms with Gasteiger partial charge < -0.3 is 19.7 Å². The Balaban J connectivity index is 1.72. The van der Waals surface area contributed by atoms with Gasteiger partial charge in [0, 0.05) is 31.0 Å². The molecule has 0 aromatic heterocycles. The lowest BCUT2D eigenvalue weighted by Crippen LogP contribution is -2.32. The van der Waals surface area contributed by atoms with Crippen LogP contribution < -0.4 is 19.7 Å². The van der Waals surface area contributed by atoms with Gasteiger partial charge in [-0.05, 0) is 48.0 Å². The minimum atomic E-state index is -0.390. The molecule has 3 aromatic rings. The smallest absolute Gasteiger partial charge is 0.278 e. The predicted octanol–water partition coefficient (Wildman–Crippen LogP) is 4.16. The molecule has 1 aliphatic heterocycles. The van der Waals surface area contributed by atoms with Gasteiger partial charge in [0.05, 0.1) is 26.3 Å². The number of nitrogens with one attached hydrogen (secondary N) is 1. The number of hydrogen-bond acceptors (Lipinski definition) is 6. The molecule has 174 valence electrons. The zero-order valence-corrected chi connectivity index (χ0v) is 19.7. The highest BCUT2D eigenvalue weighted by Gasteiger charge is 2.40. The molecule has 0 unspecified atom stereocenters. The van der Waals surface area contributed by atoms with Crippen molar-refractivity contribution in [1.29, 1.82) is 0 Å². The van der Waals surface area contributed by atoms with Crippen LogP contribution in [0, 0.1) is 0 Å². The fourth-order valence-corrected chi connectivity index (χ4v) is 3.84. The molecule has 1 aliphatic rings. The summed E-state index contributed by atoms with van der Waals surface area (Å²) in [6.07, 6.45) is 0. The summed E-state index contributed by atoms with van der Waals surface area (Å²) in [4.78, 5) is 30.3. The normalized spacial score (nSPS) is 13.4. The van der Waals surface area contributed by atoms with Crippen LogP contribution in [-0.4, -0.2) is 45.0 Å². The van der Waals surface area contributed by atoms with Gasteiger partial charge in [-0.15, -0.1) is 0 Å². The van der Waals surface area contributed by atoms with Gasteiger partial charge in [0.25, 0.3) is 11.8 Å². The number of nitrogens with zero attached hydrogens (tertiary/aromatic N) is 2. The number of carbonyl (C=O) groups excluding carboxylic acids is 2. The maximum atomic E-state index is 13.6. The zero-order chi connectivity index (χ0) is 24.2. The first kappa shape index (κ1) is 22.9. The number of methoxy groups -OCH3 is 2. The van der Waals surface area contributed by atoms with Crippen molar-refractivity contribution >= 4 is 28.8 Å². The number of ether oxygens (including phenoxy) is 2. The summed E-state index contributed by atoms with van der Waals surface area (Å²) in [6, 6.07) is 22.2. The number of para-hydroxylation sites is 1. The van der Waals surface area contributed by atoms with E-state index in [0.717, 1.165) is 11.3 Å². The molecule has 0 aliphatic carbocycles. The summed E-state index contributed by atoms with van der Waals surface area (Å²) in [5.41, 5.74) is 3.62. The highest BCUT2D eigenvalue weighted by atomic mass is 16.5. The van der Waals surface area contributed by atoms with E-state index < -0.39 is 5.91 Å². The van der Waals surface area contributed by atoms with Gasteiger partial charge in [-0.25, -0.2) is 0 Å². The van der Waals surface area contributed by atoms with Crippen LogP contribution in [0.4, 0.5) is 11.4 Å². The fraction of sp³-hybridized carbons (Fsp3) is 0.185. The lowest BCUT2D eigenvalue weighted by Gasteiger charge is -2.16. The molecule has 34 heavy (non-hydrogen) atoms. The minimum absolute atomic E-state index is 0.144. The summed E-state index contributed by atoms with van der Waals surface area (Å²) >= 11 is 0. The molecule has 7 heteroatoms. The standard InChI is InChI=1S/C27H27N3O4/c1-29(2)20-13-11-19(12-14-20)28-25-24(22-7-5-6-8-23(22)34-4)26(31)30(27(25)32)17-18-9-15-21(33-3)16-10-18/h5-16,28H,17H2,1-4H3. The molecule has 4 rings (SSSR count). The quantitative estimate of drug-likeness (QED) is 0.512. The van der Waals surface area contributed by atoms with Gasteiger partial charge in [0.15, 0.2) is 0 Å². The van der Waals surface area contributed by atoms with E-state index in [-0.39, 0.29) is 23.7 Å². The van der Waals surface area contributed by atoms with Crippen LogP contribution in [0.15, 0.2) is 78.5 Å². The third-order valence-corrected chi connectivity index (χ3v) is 5.70. The van der Waals surface area contributed by atoms with E-state index in [4.69, 9.17) is 9.47 Å². The van der Waals surface area contributed by atoms with E-state index in [1.165, 1.54) is 4.90 Å². The summed E-state index contributed by atoms with van der Waals surface area (Å²) in [7, 11) is 7.06. The zero-order valence-electron chi connectivity index (χ0n) is 19.7. The lowest BCUT2D eigenvalue weighted by atomic mass is 10.0. The van der Waals surface area contributed by atoms with Crippen LogP contribution in [-0.2, 0) is 16.1 Å². The van der Waals surface area contributed by atoms with Crippen molar-refractivity contribution in [1.82, 2.24) is 4.90 Å². The lowest BCUT2D eigenvalue weighted by molar-refractivity contribution is -0.137. The monoisotopic (exact) mass is 457 g/mol. The Kier molecular flexibility index (Phi) is 6.54. The summed E-state index contributed by atoms with van der Waals surface area (Å²) in [5.74, 6) is 0.461. The molecule has 0 spiro atoms. The first-order chi connectivity index (χ1) is 16.4. The van der Waals surface area contributed by atoms with Crippen molar-refractivity contribution in [2.45, 2.75) is 6.54 Å². The Morgan fingerprint density at radius 1 is 0.824 bits per heavy atom. The van der Waals surface area contributed by atoms with Gasteiger partial charge in [-0.3, -0.25) is 14.5 Å². The highest BCUT2D eigenvalue weighted by Crippen LogP contribution is 2.36. The average molecular weight is 458 g/mol. The molecule has 0 fully saturated rings. The second-order valence-electron chi connectivity index (χ2n) is 8.06. The first-order valence-corrected chi connectivity index (χ1v) is 10.8. The molecule has 0 atom stereocenters. The third-order valence-electron chi connectivity index (χ3n) is 5.70. The van der Waals surface area contributed by atoms with Crippen molar-refractivity contribution in [3.63, 3.8) is 0 Å². The number of benzene rings is 3. The molecule has 0 saturated heterocycles. The van der Waals surface area contributed by atoms with E-state index in [9.17, 15) is 9.59 Å². The SMILES string of the molecule is COc1ccc(CN2C(=O)C(Nc3ccc(N(C)C)cc3)=C(c3ccccc3OC)C2=O)cc1. The van der Waals surface area contributed by atoms with Crippen LogP contribution in [0.2, 0.25) is 0 Å². The summed E-state index contributed by atoms with van der Waals surface area (Å²) in [5, 5.41) is 3.19. The average Bonchev–Trinajstić information content (AvgIpc) is 3.08. The number of imide groups is 1. The largest absolute Gasteiger partial charge is 0.497 e. The number of anilines is 2. The predicted molar refractivity (Wildman–Crippen MR) is 133 cm³/mol. The first-order valence-electron chi connectivity index (χ1n) is 10.8. The highest BCUT2D eigenvalue weighted by molar-refractivity contribution is 6.36. The topological polar surface area (TPSA) is 71.1 Å². The molecule has 1 heterocycles. The van der Waals surface area contributed by atoms with Crippen molar-refractivity contribution in [3.8, 4) is 11.5 Å². The van der Waals surface area contributed by atoms with E-state index in [1.54, 1.807) is 38.5 Å². The van der Waals surface area contributed by atoms with E-state index in [2.05, 4.69) is 5.32 Å². The molecule has 3 aromatic carbocycles. The van der Waals surface area contributed by atoms with E-state index >= 15 is 0 Å². The van der Waals surface area contributed by atoms with Crippen LogP contribution >= 0.6 is 0 Å². The summed E-state index contributed by atoms with van der Waals surface area (Å²) in [6.45, 7) is 0.144. The van der Waals surface area contributed by atoms with Gasteiger partial charge >= 0.3 is 0 Å². The van der Waals surface area contributed by atoms with Crippen LogP contribution in [0.25, 0.3) is 5.57 Å². The van der Waals surface area contributed by atoms with Crippen LogP contribution in [0.5, 0.6) is 11.5 Å². The Hall–Kier alpha value is -4.26. The number of carbonyl (C=O) groups is 2. The second kappa shape index (κ2) is 9.70. The maximum absolute atomic E-state index is 13.6.